The third-order valence-electron chi connectivity index (χ3n) is 2.84. The Morgan fingerprint density at radius 3 is 2.78 bits per heavy atom. The van der Waals surface area contributed by atoms with Crippen molar-refractivity contribution in [3.05, 3.63) is 34.7 Å². The van der Waals surface area contributed by atoms with Crippen LogP contribution in [0.25, 0.3) is 6.08 Å². The van der Waals surface area contributed by atoms with Crippen molar-refractivity contribution in [2.45, 2.75) is 13.0 Å². The van der Waals surface area contributed by atoms with Crippen molar-refractivity contribution in [3.63, 3.8) is 0 Å². The average Bonchev–Trinajstić information content (AvgIpc) is 2.73. The Hall–Kier alpha value is -2.00. The molecule has 0 atom stereocenters. The molecule has 1 amide bonds. The van der Waals surface area contributed by atoms with Crippen LogP contribution in [0.2, 0.25) is 0 Å². The fourth-order valence-corrected chi connectivity index (χ4v) is 3.14. The molecule has 5 nitrogen and oxygen atoms in total. The van der Waals surface area contributed by atoms with Crippen LogP contribution in [-0.2, 0) is 9.59 Å². The molecular formula is C14H11F2NO4S2. The first-order valence-corrected chi connectivity index (χ1v) is 7.62. The Bertz CT molecular complexity index is 678. The summed E-state index contributed by atoms with van der Waals surface area (Å²) in [6.45, 7) is -3.01. The molecule has 0 spiro atoms. The van der Waals surface area contributed by atoms with Gasteiger partial charge in [-0.1, -0.05) is 42.2 Å². The highest BCUT2D eigenvalue weighted by atomic mass is 32.2. The van der Waals surface area contributed by atoms with Gasteiger partial charge in [0.1, 0.15) is 10.1 Å². The van der Waals surface area contributed by atoms with Gasteiger partial charge in [-0.15, -0.1) is 0 Å². The van der Waals surface area contributed by atoms with Crippen molar-refractivity contribution in [1.29, 1.82) is 0 Å². The molecular weight excluding hydrogens is 348 g/mol. The minimum absolute atomic E-state index is 0.0352. The molecule has 0 unspecified atom stereocenters. The molecule has 1 saturated heterocycles. The average molecular weight is 359 g/mol. The van der Waals surface area contributed by atoms with E-state index in [-0.39, 0.29) is 27.9 Å². The number of carboxylic acids is 1. The molecule has 1 aliphatic heterocycles. The zero-order chi connectivity index (χ0) is 17.0. The van der Waals surface area contributed by atoms with E-state index in [1.165, 1.54) is 29.2 Å². The summed E-state index contributed by atoms with van der Waals surface area (Å²) >= 11 is 6.04. The van der Waals surface area contributed by atoms with Crippen LogP contribution in [0.1, 0.15) is 12.0 Å². The number of benzene rings is 1. The SMILES string of the molecule is O=C(O)CCN1C(=O)C(=Cc2ccccc2OC(F)F)SC1=S. The maximum atomic E-state index is 12.4. The first-order valence-electron chi connectivity index (χ1n) is 6.39. The fraction of sp³-hybridized carbons (Fsp3) is 0.214. The van der Waals surface area contributed by atoms with Gasteiger partial charge in [0.2, 0.25) is 0 Å². The van der Waals surface area contributed by atoms with Crippen molar-refractivity contribution in [2.24, 2.45) is 0 Å². The molecule has 0 radical (unpaired) electrons. The molecule has 0 bridgehead atoms. The number of nitrogens with zero attached hydrogens (tertiary/aromatic N) is 1. The summed E-state index contributed by atoms with van der Waals surface area (Å²) in [5, 5.41) is 8.68. The highest BCUT2D eigenvalue weighted by Crippen LogP contribution is 2.34. The number of alkyl halides is 2. The number of para-hydroxylation sites is 1. The number of carboxylic acid groups (broad SMARTS) is 1. The van der Waals surface area contributed by atoms with Crippen molar-refractivity contribution in [3.8, 4) is 5.75 Å². The van der Waals surface area contributed by atoms with E-state index in [1.54, 1.807) is 6.07 Å². The molecule has 0 aromatic heterocycles. The van der Waals surface area contributed by atoms with Crippen LogP contribution in [0.15, 0.2) is 29.2 Å². The second-order valence-corrected chi connectivity index (χ2v) is 6.07. The Morgan fingerprint density at radius 2 is 2.13 bits per heavy atom. The summed E-state index contributed by atoms with van der Waals surface area (Å²) in [4.78, 5) is 24.2. The van der Waals surface area contributed by atoms with Gasteiger partial charge in [0, 0.05) is 12.1 Å². The predicted molar refractivity (Wildman–Crippen MR) is 85.2 cm³/mol. The van der Waals surface area contributed by atoms with E-state index < -0.39 is 18.5 Å². The normalized spacial score (nSPS) is 16.5. The van der Waals surface area contributed by atoms with E-state index in [9.17, 15) is 18.4 Å². The number of amides is 1. The Labute approximate surface area is 139 Å². The quantitative estimate of drug-likeness (QED) is 0.622. The number of ether oxygens (including phenoxy) is 1. The molecule has 0 aliphatic carbocycles. The number of hydrogen-bond acceptors (Lipinski definition) is 5. The standard InChI is InChI=1S/C14H11F2NO4S2/c15-13(16)21-9-4-2-1-3-8(9)7-10-12(20)17(14(22)23-10)6-5-11(18)19/h1-4,7,13H,5-6H2,(H,18,19). The van der Waals surface area contributed by atoms with Gasteiger partial charge < -0.3 is 9.84 Å². The van der Waals surface area contributed by atoms with Crippen LogP contribution < -0.4 is 4.74 Å². The number of thiocarbonyl (C=S) groups is 1. The van der Waals surface area contributed by atoms with Gasteiger partial charge in [-0.05, 0) is 12.1 Å². The number of carbonyl (C=O) groups is 2. The van der Waals surface area contributed by atoms with E-state index in [0.717, 1.165) is 11.8 Å². The lowest BCUT2D eigenvalue weighted by Gasteiger charge is -2.12. The van der Waals surface area contributed by atoms with Gasteiger partial charge in [-0.3, -0.25) is 14.5 Å². The molecule has 1 aromatic rings. The smallest absolute Gasteiger partial charge is 0.387 e. The second-order valence-electron chi connectivity index (χ2n) is 4.39. The van der Waals surface area contributed by atoms with Crippen LogP contribution in [0.5, 0.6) is 5.75 Å². The van der Waals surface area contributed by atoms with Crippen molar-refractivity contribution < 1.29 is 28.2 Å². The summed E-state index contributed by atoms with van der Waals surface area (Å²) in [5.74, 6) is -1.55. The molecule has 2 rings (SSSR count). The number of thioether (sulfide) groups is 1. The highest BCUT2D eigenvalue weighted by molar-refractivity contribution is 8.26. The van der Waals surface area contributed by atoms with Crippen LogP contribution in [-0.4, -0.2) is 39.4 Å². The van der Waals surface area contributed by atoms with Crippen LogP contribution in [0.4, 0.5) is 8.78 Å². The maximum absolute atomic E-state index is 12.4. The summed E-state index contributed by atoms with van der Waals surface area (Å²) in [5.41, 5.74) is 0.312. The Kier molecular flexibility index (Phi) is 5.67. The van der Waals surface area contributed by atoms with E-state index in [1.807, 2.05) is 0 Å². The van der Waals surface area contributed by atoms with Gasteiger partial charge >= 0.3 is 12.6 Å². The summed E-state index contributed by atoms with van der Waals surface area (Å²) in [6, 6.07) is 6.05. The fourth-order valence-electron chi connectivity index (χ4n) is 1.84. The maximum Gasteiger partial charge on any atom is 0.387 e. The number of rotatable bonds is 6. The van der Waals surface area contributed by atoms with E-state index in [4.69, 9.17) is 17.3 Å². The van der Waals surface area contributed by atoms with Crippen molar-refractivity contribution in [1.82, 2.24) is 4.90 Å². The first-order chi connectivity index (χ1) is 10.9. The van der Waals surface area contributed by atoms with Gasteiger partial charge in [0.15, 0.2) is 0 Å². The Morgan fingerprint density at radius 1 is 1.43 bits per heavy atom. The lowest BCUT2D eigenvalue weighted by atomic mass is 10.2. The summed E-state index contributed by atoms with van der Waals surface area (Å²) in [7, 11) is 0. The topological polar surface area (TPSA) is 66.8 Å². The lowest BCUT2D eigenvalue weighted by molar-refractivity contribution is -0.137. The van der Waals surface area contributed by atoms with Gasteiger partial charge in [0.25, 0.3) is 5.91 Å². The minimum atomic E-state index is -2.98. The largest absolute Gasteiger partial charge is 0.481 e. The molecule has 1 fully saturated rings. The molecule has 122 valence electrons. The monoisotopic (exact) mass is 359 g/mol. The van der Waals surface area contributed by atoms with Crippen LogP contribution >= 0.6 is 24.0 Å². The van der Waals surface area contributed by atoms with Crippen LogP contribution in [0, 0.1) is 0 Å². The summed E-state index contributed by atoms with van der Waals surface area (Å²) in [6.07, 6.45) is 1.17. The Balaban J connectivity index is 2.22. The molecule has 9 heteroatoms. The third kappa shape index (κ3) is 4.49. The number of halogens is 2. The van der Waals surface area contributed by atoms with Gasteiger partial charge in [-0.2, -0.15) is 8.78 Å². The summed E-state index contributed by atoms with van der Waals surface area (Å²) < 4.78 is 29.4. The van der Waals surface area contributed by atoms with E-state index in [2.05, 4.69) is 4.74 Å². The third-order valence-corrected chi connectivity index (χ3v) is 4.22. The predicted octanol–water partition coefficient (Wildman–Crippen LogP) is 2.96. The molecule has 1 aromatic carbocycles. The second kappa shape index (κ2) is 7.51. The van der Waals surface area contributed by atoms with Gasteiger partial charge in [-0.25, -0.2) is 0 Å². The zero-order valence-electron chi connectivity index (χ0n) is 11.6. The van der Waals surface area contributed by atoms with E-state index >= 15 is 0 Å². The molecule has 1 heterocycles. The lowest BCUT2D eigenvalue weighted by Crippen LogP contribution is -2.30. The molecule has 1 aliphatic rings. The zero-order valence-corrected chi connectivity index (χ0v) is 13.2. The van der Waals surface area contributed by atoms with E-state index in [0.29, 0.717) is 5.56 Å². The molecule has 23 heavy (non-hydrogen) atoms. The minimum Gasteiger partial charge on any atom is -0.481 e. The number of hydrogen-bond donors (Lipinski definition) is 1. The van der Waals surface area contributed by atoms with Crippen molar-refractivity contribution >= 4 is 46.3 Å². The molecule has 1 N–H and O–H groups in total. The number of carbonyl (C=O) groups excluding carboxylic acids is 1. The molecule has 0 saturated carbocycles. The highest BCUT2D eigenvalue weighted by Gasteiger charge is 2.32. The van der Waals surface area contributed by atoms with Crippen LogP contribution in [0.3, 0.4) is 0 Å². The van der Waals surface area contributed by atoms with Crippen molar-refractivity contribution in [2.75, 3.05) is 6.54 Å². The number of aliphatic carboxylic acids is 1. The first kappa shape index (κ1) is 17.4. The van der Waals surface area contributed by atoms with Gasteiger partial charge in [0.05, 0.1) is 11.3 Å².